The maximum absolute atomic E-state index is 12.3. The van der Waals surface area contributed by atoms with Crippen LogP contribution in [0.4, 0.5) is 11.4 Å². The Morgan fingerprint density at radius 1 is 1.15 bits per heavy atom. The lowest BCUT2D eigenvalue weighted by atomic mass is 9.76. The van der Waals surface area contributed by atoms with Crippen molar-refractivity contribution in [2.24, 2.45) is 0 Å². The fourth-order valence-electron chi connectivity index (χ4n) is 3.70. The average Bonchev–Trinajstić information content (AvgIpc) is 2.61. The van der Waals surface area contributed by atoms with Gasteiger partial charge in [-0.15, -0.1) is 0 Å². The normalized spacial score (nSPS) is 20.8. The highest BCUT2D eigenvalue weighted by atomic mass is 32.2. The lowest BCUT2D eigenvalue weighted by Crippen LogP contribution is -2.44. The maximum atomic E-state index is 12.3. The van der Waals surface area contributed by atoms with Crippen molar-refractivity contribution in [1.29, 1.82) is 0 Å². The van der Waals surface area contributed by atoms with Crippen LogP contribution in [0.15, 0.2) is 53.4 Å². The molecule has 0 N–H and O–H groups in total. The molecule has 1 aliphatic rings. The van der Waals surface area contributed by atoms with Crippen LogP contribution in [0, 0.1) is 10.1 Å². The first-order valence-electron chi connectivity index (χ1n) is 8.50. The zero-order chi connectivity index (χ0) is 18.9. The second-order valence-electron chi connectivity index (χ2n) is 7.13. The molecule has 0 aliphatic carbocycles. The van der Waals surface area contributed by atoms with Crippen LogP contribution in [0.5, 0.6) is 0 Å². The first-order chi connectivity index (χ1) is 12.2. The standard InChI is InChI=1S/C19H22N2O4S/c1-19(15-7-4-3-5-8-15)11-6-12-20(14-19)17-10-9-16(21(22)23)13-18(17)26(2,24)25/h3-5,7-10,13H,6,11-12,14H2,1-2H3. The van der Waals surface area contributed by atoms with Crippen molar-refractivity contribution in [2.75, 3.05) is 24.2 Å². The molecule has 1 saturated heterocycles. The summed E-state index contributed by atoms with van der Waals surface area (Å²) < 4.78 is 24.5. The number of hydrogen-bond acceptors (Lipinski definition) is 5. The van der Waals surface area contributed by atoms with E-state index in [4.69, 9.17) is 0 Å². The van der Waals surface area contributed by atoms with Crippen molar-refractivity contribution in [2.45, 2.75) is 30.1 Å². The molecule has 0 saturated carbocycles. The molecule has 3 rings (SSSR count). The van der Waals surface area contributed by atoms with E-state index in [0.717, 1.165) is 25.6 Å². The second kappa shape index (κ2) is 6.72. The van der Waals surface area contributed by atoms with Gasteiger partial charge in [-0.25, -0.2) is 8.42 Å². The summed E-state index contributed by atoms with van der Waals surface area (Å²) in [5.41, 5.74) is 1.44. The molecule has 2 aromatic carbocycles. The highest BCUT2D eigenvalue weighted by molar-refractivity contribution is 7.90. The molecule has 0 aromatic heterocycles. The van der Waals surface area contributed by atoms with E-state index >= 15 is 0 Å². The van der Waals surface area contributed by atoms with Crippen molar-refractivity contribution in [3.63, 3.8) is 0 Å². The Hall–Kier alpha value is -2.41. The number of hydrogen-bond donors (Lipinski definition) is 0. The fourth-order valence-corrected chi connectivity index (χ4v) is 4.61. The Kier molecular flexibility index (Phi) is 4.75. The van der Waals surface area contributed by atoms with Crippen molar-refractivity contribution in [1.82, 2.24) is 0 Å². The van der Waals surface area contributed by atoms with Crippen LogP contribution >= 0.6 is 0 Å². The summed E-state index contributed by atoms with van der Waals surface area (Å²) in [5.74, 6) is 0. The van der Waals surface area contributed by atoms with Gasteiger partial charge in [0.15, 0.2) is 9.84 Å². The maximum Gasteiger partial charge on any atom is 0.270 e. The summed E-state index contributed by atoms with van der Waals surface area (Å²) in [6.07, 6.45) is 3.02. The second-order valence-corrected chi connectivity index (χ2v) is 9.12. The molecule has 1 fully saturated rings. The van der Waals surface area contributed by atoms with Gasteiger partial charge in [0.2, 0.25) is 0 Å². The first kappa shape index (κ1) is 18.4. The Balaban J connectivity index is 2.02. The third-order valence-corrected chi connectivity index (χ3v) is 6.19. The van der Waals surface area contributed by atoms with E-state index < -0.39 is 14.8 Å². The Labute approximate surface area is 153 Å². The van der Waals surface area contributed by atoms with Crippen molar-refractivity contribution in [3.05, 3.63) is 64.2 Å². The van der Waals surface area contributed by atoms with E-state index in [9.17, 15) is 18.5 Å². The number of benzene rings is 2. The SMILES string of the molecule is CC1(c2ccccc2)CCCN(c2ccc([N+](=O)[O-])cc2S(C)(=O)=O)C1. The van der Waals surface area contributed by atoms with Crippen LogP contribution in [0.3, 0.4) is 0 Å². The molecule has 0 spiro atoms. The average molecular weight is 374 g/mol. The minimum Gasteiger partial charge on any atom is -0.370 e. The minimum absolute atomic E-state index is 0.0176. The number of nitrogens with zero attached hydrogens (tertiary/aromatic N) is 2. The van der Waals surface area contributed by atoms with E-state index in [0.29, 0.717) is 12.2 Å². The van der Waals surface area contributed by atoms with Crippen molar-refractivity contribution >= 4 is 21.2 Å². The van der Waals surface area contributed by atoms with Crippen LogP contribution in [0.1, 0.15) is 25.3 Å². The number of non-ortho nitro benzene ring substituents is 1. The monoisotopic (exact) mass is 374 g/mol. The molecule has 0 amide bonds. The van der Waals surface area contributed by atoms with Gasteiger partial charge < -0.3 is 4.90 Å². The first-order valence-corrected chi connectivity index (χ1v) is 10.4. The van der Waals surface area contributed by atoms with Crippen LogP contribution in [-0.4, -0.2) is 32.7 Å². The lowest BCUT2D eigenvalue weighted by molar-refractivity contribution is -0.385. The van der Waals surface area contributed by atoms with Crippen LogP contribution in [0.25, 0.3) is 0 Å². The third kappa shape index (κ3) is 3.58. The quantitative estimate of drug-likeness (QED) is 0.604. The van der Waals surface area contributed by atoms with Gasteiger partial charge >= 0.3 is 0 Å². The Morgan fingerprint density at radius 3 is 2.46 bits per heavy atom. The summed E-state index contributed by atoms with van der Waals surface area (Å²) in [4.78, 5) is 12.5. The van der Waals surface area contributed by atoms with E-state index in [-0.39, 0.29) is 16.0 Å². The molecule has 1 aliphatic heterocycles. The predicted octanol–water partition coefficient (Wildman–Crippen LogP) is 3.56. The van der Waals surface area contributed by atoms with Crippen LogP contribution < -0.4 is 4.90 Å². The summed E-state index contributed by atoms with van der Waals surface area (Å²) >= 11 is 0. The molecule has 1 atom stereocenters. The van der Waals surface area contributed by atoms with Crippen molar-refractivity contribution in [3.8, 4) is 0 Å². The highest BCUT2D eigenvalue weighted by Crippen LogP contribution is 2.38. The van der Waals surface area contributed by atoms with E-state index in [1.54, 1.807) is 6.07 Å². The van der Waals surface area contributed by atoms with Gasteiger partial charge in [-0.05, 0) is 24.5 Å². The summed E-state index contributed by atoms with van der Waals surface area (Å²) in [6.45, 7) is 3.57. The van der Waals surface area contributed by atoms with E-state index in [1.165, 1.54) is 17.7 Å². The Bertz CT molecular complexity index is 928. The molecule has 1 unspecified atom stereocenters. The number of sulfone groups is 1. The van der Waals surface area contributed by atoms with Crippen LogP contribution in [0.2, 0.25) is 0 Å². The molecule has 26 heavy (non-hydrogen) atoms. The molecular formula is C19H22N2O4S. The molecular weight excluding hydrogens is 352 g/mol. The summed E-state index contributed by atoms with van der Waals surface area (Å²) in [6, 6.07) is 14.3. The molecule has 138 valence electrons. The largest absolute Gasteiger partial charge is 0.370 e. The summed E-state index contributed by atoms with van der Waals surface area (Å²) in [7, 11) is -3.59. The third-order valence-electron chi connectivity index (χ3n) is 5.06. The lowest BCUT2D eigenvalue weighted by Gasteiger charge is -2.42. The van der Waals surface area contributed by atoms with Gasteiger partial charge in [-0.3, -0.25) is 10.1 Å². The number of nitro benzene ring substituents is 1. The van der Waals surface area contributed by atoms with Gasteiger partial charge in [-0.1, -0.05) is 37.3 Å². The predicted molar refractivity (Wildman–Crippen MR) is 101 cm³/mol. The molecule has 0 radical (unpaired) electrons. The number of piperidine rings is 1. The molecule has 2 aromatic rings. The number of anilines is 1. The van der Waals surface area contributed by atoms with Gasteiger partial charge in [-0.2, -0.15) is 0 Å². The topological polar surface area (TPSA) is 80.5 Å². The molecule has 6 nitrogen and oxygen atoms in total. The van der Waals surface area contributed by atoms with E-state index in [1.807, 2.05) is 23.1 Å². The zero-order valence-corrected chi connectivity index (χ0v) is 15.7. The smallest absolute Gasteiger partial charge is 0.270 e. The fraction of sp³-hybridized carbons (Fsp3) is 0.368. The summed E-state index contributed by atoms with van der Waals surface area (Å²) in [5, 5.41) is 11.1. The van der Waals surface area contributed by atoms with Gasteiger partial charge in [0, 0.05) is 36.9 Å². The zero-order valence-electron chi connectivity index (χ0n) is 14.9. The van der Waals surface area contributed by atoms with E-state index in [2.05, 4.69) is 19.1 Å². The molecule has 7 heteroatoms. The van der Waals surface area contributed by atoms with Gasteiger partial charge in [0.1, 0.15) is 0 Å². The highest BCUT2D eigenvalue weighted by Gasteiger charge is 2.34. The Morgan fingerprint density at radius 2 is 1.85 bits per heavy atom. The van der Waals surface area contributed by atoms with Gasteiger partial charge in [0.05, 0.1) is 15.5 Å². The van der Waals surface area contributed by atoms with Gasteiger partial charge in [0.25, 0.3) is 5.69 Å². The minimum atomic E-state index is -3.59. The number of nitro groups is 1. The number of rotatable bonds is 4. The van der Waals surface area contributed by atoms with Crippen molar-refractivity contribution < 1.29 is 13.3 Å². The molecule has 1 heterocycles. The van der Waals surface area contributed by atoms with Crippen LogP contribution in [-0.2, 0) is 15.3 Å². The molecule has 0 bridgehead atoms.